The first-order chi connectivity index (χ1) is 30.3. The first-order valence-corrected chi connectivity index (χ1v) is 23.7. The van der Waals surface area contributed by atoms with Crippen molar-refractivity contribution in [3.05, 3.63) is 30.3 Å². The standard InChI is InChI=1S/C48H84N4O13/c1-15-22-49-27-48(59)33(8)62-37(25-46(48,10)60-14)64-39-30(5)41(65-43-38(53)35(23-29(4)61-43)52(13)44(56)51(12)34-20-18-17-19-21-34)45(9,57)24-28(3)26-50-32(7)40(54)47(11,58)36(16-2)63-42(55)31(39)6/h17-21,28-33,35-41,43,49-50,53-54,57-59H,15-16,22-27H2,1-14H3/t28-,29-,30+,31-,32-,33+,35+,36-,37+,38-,39+,40-,41-,43+,45-,46-,47-,48+/m1/s1. The van der Waals surface area contributed by atoms with Gasteiger partial charge in [-0.2, -0.15) is 0 Å². The number of anilines is 1. The van der Waals surface area contributed by atoms with Crippen molar-refractivity contribution in [1.82, 2.24) is 15.5 Å². The normalized spacial score (nSPS) is 42.6. The molecule has 17 heteroatoms. The maximum atomic E-state index is 14.5. The van der Waals surface area contributed by atoms with Crippen molar-refractivity contribution in [2.24, 2.45) is 17.8 Å². The molecule has 374 valence electrons. The number of hydrogen-bond donors (Lipinski definition) is 7. The molecule has 3 aliphatic heterocycles. The molecule has 4 rings (SSSR count). The summed E-state index contributed by atoms with van der Waals surface area (Å²) in [6.07, 6.45) is -8.36. The number of aliphatic hydroxyl groups excluding tert-OH is 2. The summed E-state index contributed by atoms with van der Waals surface area (Å²) in [5.74, 6) is -2.97. The number of esters is 1. The van der Waals surface area contributed by atoms with Gasteiger partial charge < -0.3 is 69.5 Å². The van der Waals surface area contributed by atoms with Crippen molar-refractivity contribution < 1.29 is 63.5 Å². The smallest absolute Gasteiger partial charge is 0.324 e. The van der Waals surface area contributed by atoms with E-state index in [1.807, 2.05) is 51.1 Å². The van der Waals surface area contributed by atoms with Crippen molar-refractivity contribution in [2.45, 2.75) is 198 Å². The fourth-order valence-electron chi connectivity index (χ4n) is 10.2. The van der Waals surface area contributed by atoms with E-state index in [0.29, 0.717) is 25.2 Å². The summed E-state index contributed by atoms with van der Waals surface area (Å²) in [6, 6.07) is 7.42. The molecule has 65 heavy (non-hydrogen) atoms. The highest BCUT2D eigenvalue weighted by atomic mass is 16.7. The molecule has 3 aliphatic rings. The summed E-state index contributed by atoms with van der Waals surface area (Å²) in [7, 11) is 4.80. The topological polar surface area (TPSA) is 221 Å². The lowest BCUT2D eigenvalue weighted by Crippen LogP contribution is -2.70. The van der Waals surface area contributed by atoms with Crippen LogP contribution in [0.5, 0.6) is 0 Å². The maximum Gasteiger partial charge on any atom is 0.324 e. The Morgan fingerprint density at radius 1 is 0.954 bits per heavy atom. The van der Waals surface area contributed by atoms with E-state index >= 15 is 0 Å². The van der Waals surface area contributed by atoms with Crippen LogP contribution < -0.4 is 15.5 Å². The third kappa shape index (κ3) is 12.4. The quantitative estimate of drug-likeness (QED) is 0.118. The Labute approximate surface area is 387 Å². The molecule has 0 bridgehead atoms. The van der Waals surface area contributed by atoms with Crippen LogP contribution in [-0.2, 0) is 33.2 Å². The molecule has 3 saturated heterocycles. The Bertz CT molecular complexity index is 1660. The van der Waals surface area contributed by atoms with Crippen LogP contribution in [0.4, 0.5) is 10.5 Å². The van der Waals surface area contributed by atoms with E-state index in [1.165, 1.54) is 23.8 Å². The number of aliphatic hydroxyl groups is 5. The molecule has 0 radical (unpaired) electrons. The van der Waals surface area contributed by atoms with Crippen LogP contribution in [0.15, 0.2) is 30.3 Å². The summed E-state index contributed by atoms with van der Waals surface area (Å²) >= 11 is 0. The molecule has 0 unspecified atom stereocenters. The van der Waals surface area contributed by atoms with Gasteiger partial charge in [-0.25, -0.2) is 4.79 Å². The second kappa shape index (κ2) is 22.7. The molecule has 0 spiro atoms. The molecule has 1 aromatic carbocycles. The van der Waals surface area contributed by atoms with Crippen LogP contribution in [0.2, 0.25) is 0 Å². The van der Waals surface area contributed by atoms with Gasteiger partial charge in [-0.1, -0.05) is 45.9 Å². The molecular formula is C48H84N4O13. The number of methoxy groups -OCH3 is 1. The highest BCUT2D eigenvalue weighted by Gasteiger charge is 2.58. The number of nitrogens with one attached hydrogen (secondary N) is 2. The van der Waals surface area contributed by atoms with Crippen LogP contribution in [0.25, 0.3) is 0 Å². The van der Waals surface area contributed by atoms with Gasteiger partial charge in [0, 0.05) is 51.8 Å². The van der Waals surface area contributed by atoms with Crippen molar-refractivity contribution >= 4 is 17.7 Å². The molecule has 18 atom stereocenters. The van der Waals surface area contributed by atoms with Gasteiger partial charge >= 0.3 is 12.0 Å². The highest BCUT2D eigenvalue weighted by molar-refractivity contribution is 5.91. The largest absolute Gasteiger partial charge is 0.459 e. The minimum atomic E-state index is -1.86. The van der Waals surface area contributed by atoms with Gasteiger partial charge in [-0.05, 0) is 105 Å². The van der Waals surface area contributed by atoms with Crippen molar-refractivity contribution in [1.29, 1.82) is 0 Å². The van der Waals surface area contributed by atoms with E-state index in [0.717, 1.165) is 6.42 Å². The number of benzene rings is 1. The van der Waals surface area contributed by atoms with Gasteiger partial charge in [0.15, 0.2) is 12.6 Å². The number of urea groups is 1. The van der Waals surface area contributed by atoms with Gasteiger partial charge in [0.05, 0.1) is 42.0 Å². The minimum absolute atomic E-state index is 0.0472. The number of carbonyl (C=O) groups excluding carboxylic acids is 2. The van der Waals surface area contributed by atoms with Gasteiger partial charge in [-0.3, -0.25) is 9.69 Å². The average Bonchev–Trinajstić information content (AvgIpc) is 3.26. The number of cyclic esters (lactones) is 1. The van der Waals surface area contributed by atoms with Crippen molar-refractivity contribution in [3.8, 4) is 0 Å². The molecule has 1 aromatic rings. The molecule has 0 aromatic heterocycles. The lowest BCUT2D eigenvalue weighted by molar-refractivity contribution is -0.336. The Hall–Kier alpha value is -2.52. The third-order valence-corrected chi connectivity index (χ3v) is 14.6. The van der Waals surface area contributed by atoms with E-state index in [-0.39, 0.29) is 37.8 Å². The number of para-hydroxylation sites is 1. The molecule has 3 fully saturated rings. The third-order valence-electron chi connectivity index (χ3n) is 14.6. The van der Waals surface area contributed by atoms with E-state index in [1.54, 1.807) is 62.6 Å². The second-order valence-electron chi connectivity index (χ2n) is 20.0. The van der Waals surface area contributed by atoms with Crippen LogP contribution in [0.3, 0.4) is 0 Å². The Balaban J connectivity index is 1.80. The van der Waals surface area contributed by atoms with Gasteiger partial charge in [0.2, 0.25) is 0 Å². The van der Waals surface area contributed by atoms with Crippen LogP contribution in [-0.4, -0.2) is 173 Å². The molecule has 0 aliphatic carbocycles. The number of hydrogen-bond acceptors (Lipinski definition) is 15. The Morgan fingerprint density at radius 3 is 2.20 bits per heavy atom. The summed E-state index contributed by atoms with van der Waals surface area (Å²) in [6.45, 7) is 20.5. The molecule has 2 amide bonds. The summed E-state index contributed by atoms with van der Waals surface area (Å²) in [4.78, 5) is 31.4. The molecule has 3 heterocycles. The molecule has 17 nitrogen and oxygen atoms in total. The van der Waals surface area contributed by atoms with Gasteiger partial charge in [0.1, 0.15) is 35.1 Å². The minimum Gasteiger partial charge on any atom is -0.459 e. The van der Waals surface area contributed by atoms with E-state index in [4.69, 9.17) is 28.4 Å². The second-order valence-corrected chi connectivity index (χ2v) is 20.0. The van der Waals surface area contributed by atoms with E-state index < -0.39 is 108 Å². The number of likely N-dealkylation sites (N-methyl/N-ethyl adjacent to an activating group) is 1. The van der Waals surface area contributed by atoms with Gasteiger partial charge in [0.25, 0.3) is 0 Å². The predicted octanol–water partition coefficient (Wildman–Crippen LogP) is 3.55. The number of amides is 2. The first kappa shape index (κ1) is 55.1. The highest BCUT2D eigenvalue weighted by Crippen LogP contribution is 2.43. The SMILES string of the molecule is CCCNC[C@]1(O)[C@H](C)O[C@@H](O[C@H]2[C@H](C)[C@@H](O[C@@H]3O[C@H](C)C[C@H](N(C)C(=O)N(C)c4ccccc4)[C@H]3O)[C@](C)(O)C[C@@H](C)CN[C@H](C)[C@@H](O)[C@](C)(O)[C@@H](CC)OC(=O)[C@@H]2C)C[C@@]1(C)OC. The number of nitrogens with zero attached hydrogens (tertiary/aromatic N) is 2. The first-order valence-electron chi connectivity index (χ1n) is 23.7. The van der Waals surface area contributed by atoms with Crippen LogP contribution >= 0.6 is 0 Å². The maximum absolute atomic E-state index is 14.5. The number of rotatable bonds is 12. The Kier molecular flexibility index (Phi) is 19.3. The fourth-order valence-corrected chi connectivity index (χ4v) is 10.2. The fraction of sp³-hybridized carbons (Fsp3) is 0.833. The zero-order valence-corrected chi connectivity index (χ0v) is 41.5. The summed E-state index contributed by atoms with van der Waals surface area (Å²) in [5, 5.41) is 66.8. The van der Waals surface area contributed by atoms with Crippen molar-refractivity contribution in [3.63, 3.8) is 0 Å². The predicted molar refractivity (Wildman–Crippen MR) is 246 cm³/mol. The zero-order valence-electron chi connectivity index (χ0n) is 41.5. The van der Waals surface area contributed by atoms with Gasteiger partial charge in [-0.15, -0.1) is 0 Å². The van der Waals surface area contributed by atoms with E-state index in [2.05, 4.69) is 10.6 Å². The lowest BCUT2D eigenvalue weighted by Gasteiger charge is -2.53. The average molecular weight is 925 g/mol. The molecule has 0 saturated carbocycles. The van der Waals surface area contributed by atoms with Crippen LogP contribution in [0.1, 0.15) is 108 Å². The summed E-state index contributed by atoms with van der Waals surface area (Å²) < 4.78 is 38.6. The zero-order chi connectivity index (χ0) is 48.8. The van der Waals surface area contributed by atoms with Crippen molar-refractivity contribution in [2.75, 3.05) is 45.7 Å². The van der Waals surface area contributed by atoms with Crippen LogP contribution in [0, 0.1) is 17.8 Å². The molecule has 7 N–H and O–H groups in total. The monoisotopic (exact) mass is 925 g/mol. The number of ether oxygens (including phenoxy) is 6. The summed E-state index contributed by atoms with van der Waals surface area (Å²) in [5.41, 5.74) is -5.53. The van der Waals surface area contributed by atoms with E-state index in [9.17, 15) is 35.1 Å². The molecular weight excluding hydrogens is 841 g/mol. The Morgan fingerprint density at radius 2 is 1.60 bits per heavy atom. The number of carbonyl (C=O) groups is 2. The lowest BCUT2D eigenvalue weighted by atomic mass is 9.75.